The molecule has 0 saturated carbocycles. The first-order valence-corrected chi connectivity index (χ1v) is 14.5. The summed E-state index contributed by atoms with van der Waals surface area (Å²) >= 11 is 0. The zero-order valence-electron chi connectivity index (χ0n) is 27.3. The molecule has 0 spiro atoms. The summed E-state index contributed by atoms with van der Waals surface area (Å²) in [5, 5.41) is 9.54. The molecular weight excluding hydrogens is 502 g/mol. The topological polar surface area (TPSA) is 111 Å². The van der Waals surface area contributed by atoms with Crippen molar-refractivity contribution in [2.24, 2.45) is 11.1 Å². The van der Waals surface area contributed by atoms with Gasteiger partial charge in [-0.2, -0.15) is 0 Å². The van der Waals surface area contributed by atoms with E-state index in [1.54, 1.807) is 0 Å². The Hall–Kier alpha value is -0.360. The van der Waals surface area contributed by atoms with Crippen LogP contribution in [0.2, 0.25) is 0 Å². The molecule has 236 valence electrons. The van der Waals surface area contributed by atoms with Crippen LogP contribution in [0.25, 0.3) is 0 Å². The predicted octanol–water partition coefficient (Wildman–Crippen LogP) is 4.71. The van der Waals surface area contributed by atoms with Gasteiger partial charge in [-0.25, -0.2) is 0 Å². The third-order valence-electron chi connectivity index (χ3n) is 6.06. The monoisotopic (exact) mass is 565 g/mol. The first kappa shape index (κ1) is 38.6. The number of hydrogen-bond donors (Lipinski definition) is 2. The summed E-state index contributed by atoms with van der Waals surface area (Å²) in [6, 6.07) is 0. The molecule has 0 saturated heterocycles. The Kier molecular flexibility index (Phi) is 17.4. The van der Waals surface area contributed by atoms with Crippen LogP contribution in [0.4, 0.5) is 0 Å². The average Bonchev–Trinajstić information content (AvgIpc) is 2.77. The summed E-state index contributed by atoms with van der Waals surface area (Å²) in [5.74, 6) is 0. The maximum absolute atomic E-state index is 9.54. The quantitative estimate of drug-likeness (QED) is 0.127. The number of hydrogen-bond acceptors (Lipinski definition) is 9. The van der Waals surface area contributed by atoms with Gasteiger partial charge in [0.05, 0.1) is 80.7 Å². The van der Waals surface area contributed by atoms with E-state index >= 15 is 0 Å². The number of ether oxygens (including phenoxy) is 7. The molecular formula is C30H63NO8. The molecule has 0 aliphatic rings. The average molecular weight is 566 g/mol. The summed E-state index contributed by atoms with van der Waals surface area (Å²) in [7, 11) is 0. The number of rotatable bonds is 24. The van der Waals surface area contributed by atoms with Crippen molar-refractivity contribution in [2.75, 3.05) is 59.5 Å². The first-order valence-electron chi connectivity index (χ1n) is 14.5. The highest BCUT2D eigenvalue weighted by Crippen LogP contribution is 2.30. The van der Waals surface area contributed by atoms with Crippen molar-refractivity contribution in [1.29, 1.82) is 0 Å². The first-order chi connectivity index (χ1) is 17.7. The van der Waals surface area contributed by atoms with Crippen molar-refractivity contribution in [1.82, 2.24) is 0 Å². The lowest BCUT2D eigenvalue weighted by Gasteiger charge is -2.41. The van der Waals surface area contributed by atoms with Crippen LogP contribution in [0.15, 0.2) is 0 Å². The molecule has 1 atom stereocenters. The van der Waals surface area contributed by atoms with Crippen molar-refractivity contribution in [2.45, 2.75) is 131 Å². The molecule has 9 heteroatoms. The summed E-state index contributed by atoms with van der Waals surface area (Å²) in [6.45, 7) is 27.0. The molecule has 0 bridgehead atoms. The van der Waals surface area contributed by atoms with E-state index in [9.17, 15) is 5.11 Å². The van der Waals surface area contributed by atoms with Crippen molar-refractivity contribution < 1.29 is 38.3 Å². The SMILES string of the molecule is CC(C)OCCOCC(COC(C)(C)CCO)(COC(C)(C)CCOC(C)C)COC(C)(C)COC(C)(C)N. The van der Waals surface area contributed by atoms with E-state index in [1.807, 2.05) is 69.2 Å². The van der Waals surface area contributed by atoms with Crippen molar-refractivity contribution >= 4 is 0 Å². The molecule has 0 aliphatic carbocycles. The van der Waals surface area contributed by atoms with Crippen LogP contribution in [0.3, 0.4) is 0 Å². The fourth-order valence-corrected chi connectivity index (χ4v) is 3.28. The second kappa shape index (κ2) is 17.6. The maximum atomic E-state index is 9.54. The standard InChI is InChI=1S/C30H63NO8/c1-24(2)34-16-14-27(7,8)37-22-30(20-33-17-18-35-25(3)4,21-36-26(5,6)13-15-32)23-38-28(9,10)19-39-29(11,12)31/h24-25,32H,13-23,31H2,1-12H3. The highest BCUT2D eigenvalue weighted by molar-refractivity contribution is 4.85. The Bertz CT molecular complexity index is 631. The fourth-order valence-electron chi connectivity index (χ4n) is 3.28. The minimum Gasteiger partial charge on any atom is -0.396 e. The molecule has 0 aromatic heterocycles. The van der Waals surface area contributed by atoms with Crippen LogP contribution in [-0.2, 0) is 33.2 Å². The van der Waals surface area contributed by atoms with Crippen LogP contribution in [-0.4, -0.2) is 99.3 Å². The molecule has 9 nitrogen and oxygen atoms in total. The lowest BCUT2D eigenvalue weighted by molar-refractivity contribution is -0.192. The lowest BCUT2D eigenvalue weighted by atomic mass is 9.90. The van der Waals surface area contributed by atoms with Gasteiger partial charge in [0.25, 0.3) is 0 Å². The van der Waals surface area contributed by atoms with Crippen molar-refractivity contribution in [3.05, 3.63) is 0 Å². The van der Waals surface area contributed by atoms with Crippen LogP contribution in [0, 0.1) is 5.41 Å². The second-order valence-corrected chi connectivity index (χ2v) is 13.7. The van der Waals surface area contributed by atoms with E-state index in [-0.39, 0.29) is 18.8 Å². The van der Waals surface area contributed by atoms with E-state index in [0.717, 1.165) is 6.42 Å². The van der Waals surface area contributed by atoms with Crippen LogP contribution in [0.1, 0.15) is 95.9 Å². The number of aliphatic hydroxyl groups excluding tert-OH is 1. The van der Waals surface area contributed by atoms with E-state index in [0.29, 0.717) is 59.3 Å². The molecule has 0 aliphatic heterocycles. The Morgan fingerprint density at radius 3 is 1.49 bits per heavy atom. The molecule has 0 radical (unpaired) electrons. The summed E-state index contributed by atoms with van der Waals surface area (Å²) in [6.07, 6.45) is 1.55. The normalized spacial score (nSPS) is 15.4. The summed E-state index contributed by atoms with van der Waals surface area (Å²) in [5.41, 5.74) is 3.09. The molecule has 0 amide bonds. The van der Waals surface area contributed by atoms with E-state index < -0.39 is 27.9 Å². The van der Waals surface area contributed by atoms with Gasteiger partial charge < -0.3 is 44.0 Å². The van der Waals surface area contributed by atoms with Crippen LogP contribution in [0.5, 0.6) is 0 Å². The minimum absolute atomic E-state index is 0.0398. The molecule has 1 unspecified atom stereocenters. The van der Waals surface area contributed by atoms with Gasteiger partial charge in [0.2, 0.25) is 0 Å². The van der Waals surface area contributed by atoms with Gasteiger partial charge in [0, 0.05) is 13.2 Å². The zero-order chi connectivity index (χ0) is 30.4. The fraction of sp³-hybridized carbons (Fsp3) is 1.00. The second-order valence-electron chi connectivity index (χ2n) is 13.7. The Balaban J connectivity index is 5.81. The van der Waals surface area contributed by atoms with Crippen molar-refractivity contribution in [3.8, 4) is 0 Å². The van der Waals surface area contributed by atoms with Gasteiger partial charge in [-0.3, -0.25) is 0 Å². The molecule has 3 N–H and O–H groups in total. The Morgan fingerprint density at radius 2 is 1.03 bits per heavy atom. The summed E-state index contributed by atoms with van der Waals surface area (Å²) in [4.78, 5) is 0. The van der Waals surface area contributed by atoms with Gasteiger partial charge in [-0.1, -0.05) is 0 Å². The molecule has 0 fully saturated rings. The van der Waals surface area contributed by atoms with Gasteiger partial charge in [-0.05, 0) is 95.9 Å². The van der Waals surface area contributed by atoms with Crippen LogP contribution < -0.4 is 5.73 Å². The van der Waals surface area contributed by atoms with E-state index in [4.69, 9.17) is 38.9 Å². The zero-order valence-corrected chi connectivity index (χ0v) is 27.3. The highest BCUT2D eigenvalue weighted by atomic mass is 16.6. The number of nitrogens with two attached hydrogens (primary N) is 1. The maximum Gasteiger partial charge on any atom is 0.111 e. The van der Waals surface area contributed by atoms with Gasteiger partial charge in [-0.15, -0.1) is 0 Å². The third kappa shape index (κ3) is 21.1. The largest absolute Gasteiger partial charge is 0.396 e. The predicted molar refractivity (Wildman–Crippen MR) is 156 cm³/mol. The molecule has 0 rings (SSSR count). The smallest absolute Gasteiger partial charge is 0.111 e. The van der Waals surface area contributed by atoms with E-state index in [1.165, 1.54) is 0 Å². The minimum atomic E-state index is -0.764. The molecule has 39 heavy (non-hydrogen) atoms. The van der Waals surface area contributed by atoms with Crippen molar-refractivity contribution in [3.63, 3.8) is 0 Å². The molecule has 0 aromatic carbocycles. The van der Waals surface area contributed by atoms with Gasteiger partial charge >= 0.3 is 0 Å². The number of aliphatic hydroxyl groups is 1. The Labute approximate surface area is 239 Å². The lowest BCUT2D eigenvalue weighted by Crippen LogP contribution is -2.49. The van der Waals surface area contributed by atoms with Crippen LogP contribution >= 0.6 is 0 Å². The molecule has 0 heterocycles. The van der Waals surface area contributed by atoms with E-state index in [2.05, 4.69) is 13.8 Å². The molecule has 0 aromatic rings. The third-order valence-corrected chi connectivity index (χ3v) is 6.06. The summed E-state index contributed by atoms with van der Waals surface area (Å²) < 4.78 is 42.8. The van der Waals surface area contributed by atoms with Gasteiger partial charge in [0.15, 0.2) is 0 Å². The Morgan fingerprint density at radius 1 is 0.564 bits per heavy atom. The van der Waals surface area contributed by atoms with Gasteiger partial charge in [0.1, 0.15) is 5.72 Å². The highest BCUT2D eigenvalue weighted by Gasteiger charge is 2.39.